The molecule has 0 bridgehead atoms. The minimum absolute atomic E-state index is 0.154. The summed E-state index contributed by atoms with van der Waals surface area (Å²) in [7, 11) is 0. The van der Waals surface area contributed by atoms with Crippen LogP contribution in [0.2, 0.25) is 0 Å². The van der Waals surface area contributed by atoms with Crippen LogP contribution in [0.5, 0.6) is 0 Å². The van der Waals surface area contributed by atoms with Crippen LogP contribution in [0.3, 0.4) is 0 Å². The topological polar surface area (TPSA) is 80.9 Å². The van der Waals surface area contributed by atoms with Crippen LogP contribution in [0.15, 0.2) is 28.8 Å². The number of rotatable bonds is 6. The Kier molecular flexibility index (Phi) is 4.43. The van der Waals surface area contributed by atoms with E-state index in [0.717, 1.165) is 29.7 Å². The number of para-hydroxylation sites is 1. The fourth-order valence-electron chi connectivity index (χ4n) is 2.11. The molecular formula is C15H16N4O2S. The van der Waals surface area contributed by atoms with Crippen LogP contribution in [0.1, 0.15) is 30.5 Å². The van der Waals surface area contributed by atoms with Crippen molar-refractivity contribution in [3.05, 3.63) is 35.0 Å². The third-order valence-corrected chi connectivity index (χ3v) is 4.14. The third-order valence-electron chi connectivity index (χ3n) is 3.24. The molecule has 0 atom stereocenters. The number of nitrogens with zero attached hydrogens (tertiary/aromatic N) is 3. The van der Waals surface area contributed by atoms with Crippen LogP contribution in [-0.4, -0.2) is 21.3 Å². The molecule has 7 heteroatoms. The summed E-state index contributed by atoms with van der Waals surface area (Å²) in [6.07, 6.45) is 3.24. The maximum absolute atomic E-state index is 12.1. The summed E-state index contributed by atoms with van der Waals surface area (Å²) in [5, 5.41) is 17.1. The molecule has 2 heterocycles. The monoisotopic (exact) mass is 316 g/mol. The maximum Gasteiger partial charge on any atom is 0.232 e. The largest absolute Gasteiger partial charge is 0.356 e. The normalized spacial score (nSPS) is 11.0. The second-order valence-corrected chi connectivity index (χ2v) is 6.02. The highest BCUT2D eigenvalue weighted by atomic mass is 32.1. The van der Waals surface area contributed by atoms with E-state index in [1.54, 1.807) is 0 Å². The first-order valence-electron chi connectivity index (χ1n) is 7.22. The molecule has 0 aliphatic carbocycles. The van der Waals surface area contributed by atoms with Crippen LogP contribution < -0.4 is 5.32 Å². The zero-order chi connectivity index (χ0) is 15.4. The van der Waals surface area contributed by atoms with E-state index in [1.165, 1.54) is 11.3 Å². The van der Waals surface area contributed by atoms with Crippen LogP contribution in [0, 0.1) is 0 Å². The summed E-state index contributed by atoms with van der Waals surface area (Å²) in [5.74, 6) is -0.169. The first kappa shape index (κ1) is 14.6. The lowest BCUT2D eigenvalue weighted by Gasteiger charge is -1.98. The minimum Gasteiger partial charge on any atom is -0.356 e. The summed E-state index contributed by atoms with van der Waals surface area (Å²) in [6.45, 7) is 2.13. The van der Waals surface area contributed by atoms with Gasteiger partial charge >= 0.3 is 0 Å². The summed E-state index contributed by atoms with van der Waals surface area (Å²) < 4.78 is 5.19. The summed E-state index contributed by atoms with van der Waals surface area (Å²) in [4.78, 5) is 12.1. The molecule has 0 unspecified atom stereocenters. The molecule has 1 aromatic carbocycles. The van der Waals surface area contributed by atoms with Gasteiger partial charge in [-0.2, -0.15) is 0 Å². The number of benzene rings is 1. The van der Waals surface area contributed by atoms with E-state index < -0.39 is 0 Å². The molecular weight excluding hydrogens is 300 g/mol. The smallest absolute Gasteiger partial charge is 0.232 e. The molecule has 0 aliphatic heterocycles. The van der Waals surface area contributed by atoms with E-state index in [4.69, 9.17) is 4.52 Å². The van der Waals surface area contributed by atoms with Crippen molar-refractivity contribution in [2.24, 2.45) is 0 Å². The highest BCUT2D eigenvalue weighted by Crippen LogP contribution is 2.20. The summed E-state index contributed by atoms with van der Waals surface area (Å²) >= 11 is 1.42. The van der Waals surface area contributed by atoms with Gasteiger partial charge in [0.25, 0.3) is 0 Å². The standard InChI is InChI=1S/C15H16N4O2S/c1-2-3-8-14-17-18-15(22-14)16-13(20)9-11-10-6-4-5-7-12(10)21-19-11/h4-7H,2-3,8-9H2,1H3,(H,16,18,20). The molecule has 0 radical (unpaired) electrons. The lowest BCUT2D eigenvalue weighted by molar-refractivity contribution is -0.115. The SMILES string of the molecule is CCCCc1nnc(NC(=O)Cc2noc3ccccc23)s1. The van der Waals surface area contributed by atoms with Crippen LogP contribution in [-0.2, 0) is 17.6 Å². The first-order valence-corrected chi connectivity index (χ1v) is 8.03. The molecule has 2 aromatic heterocycles. The number of carbonyl (C=O) groups is 1. The fourth-order valence-corrected chi connectivity index (χ4v) is 2.91. The number of fused-ring (bicyclic) bond motifs is 1. The number of aromatic nitrogens is 3. The van der Waals surface area contributed by atoms with E-state index >= 15 is 0 Å². The van der Waals surface area contributed by atoms with Gasteiger partial charge in [0.2, 0.25) is 11.0 Å². The van der Waals surface area contributed by atoms with Crippen molar-refractivity contribution in [2.75, 3.05) is 5.32 Å². The zero-order valence-electron chi connectivity index (χ0n) is 12.2. The number of anilines is 1. The molecule has 6 nitrogen and oxygen atoms in total. The lowest BCUT2D eigenvalue weighted by Crippen LogP contribution is -2.14. The Balaban J connectivity index is 1.64. The number of amides is 1. The van der Waals surface area contributed by atoms with Crippen molar-refractivity contribution in [1.82, 2.24) is 15.4 Å². The van der Waals surface area contributed by atoms with Crippen LogP contribution in [0.25, 0.3) is 11.0 Å². The zero-order valence-corrected chi connectivity index (χ0v) is 13.0. The second kappa shape index (κ2) is 6.65. The van der Waals surface area contributed by atoms with Crippen molar-refractivity contribution in [3.8, 4) is 0 Å². The van der Waals surface area contributed by atoms with Gasteiger partial charge in [0.1, 0.15) is 10.7 Å². The van der Waals surface area contributed by atoms with Crippen molar-refractivity contribution >= 4 is 33.3 Å². The van der Waals surface area contributed by atoms with Gasteiger partial charge in [-0.25, -0.2) is 0 Å². The average molecular weight is 316 g/mol. The Morgan fingerprint density at radius 3 is 3.05 bits per heavy atom. The third kappa shape index (κ3) is 3.30. The van der Waals surface area contributed by atoms with Crippen LogP contribution >= 0.6 is 11.3 Å². The van der Waals surface area contributed by atoms with Gasteiger partial charge in [-0.1, -0.05) is 42.0 Å². The van der Waals surface area contributed by atoms with Crippen molar-refractivity contribution in [3.63, 3.8) is 0 Å². The first-order chi connectivity index (χ1) is 10.8. The molecule has 0 aliphatic rings. The average Bonchev–Trinajstić information content (AvgIpc) is 3.13. The van der Waals surface area contributed by atoms with Crippen molar-refractivity contribution < 1.29 is 9.32 Å². The number of hydrogen-bond donors (Lipinski definition) is 1. The quantitative estimate of drug-likeness (QED) is 0.755. The van der Waals surface area contributed by atoms with E-state index in [9.17, 15) is 4.79 Å². The molecule has 0 spiro atoms. The van der Waals surface area contributed by atoms with Gasteiger partial charge in [-0.15, -0.1) is 10.2 Å². The number of hydrogen-bond acceptors (Lipinski definition) is 6. The summed E-state index contributed by atoms with van der Waals surface area (Å²) in [5.41, 5.74) is 1.31. The molecule has 0 saturated heterocycles. The molecule has 3 rings (SSSR count). The molecule has 114 valence electrons. The minimum atomic E-state index is -0.169. The second-order valence-electron chi connectivity index (χ2n) is 4.95. The number of carbonyl (C=O) groups excluding carboxylic acids is 1. The van der Waals surface area contributed by atoms with Crippen LogP contribution in [0.4, 0.5) is 5.13 Å². The van der Waals surface area contributed by atoms with E-state index in [-0.39, 0.29) is 12.3 Å². The molecule has 1 amide bonds. The van der Waals surface area contributed by atoms with Gasteiger partial charge in [0, 0.05) is 11.8 Å². The van der Waals surface area contributed by atoms with Crippen molar-refractivity contribution in [2.45, 2.75) is 32.6 Å². The highest BCUT2D eigenvalue weighted by molar-refractivity contribution is 7.15. The Hall–Kier alpha value is -2.28. The molecule has 0 fully saturated rings. The van der Waals surface area contributed by atoms with Gasteiger partial charge in [-0.3, -0.25) is 4.79 Å². The predicted octanol–water partition coefficient (Wildman–Crippen LogP) is 3.20. The Morgan fingerprint density at radius 2 is 2.18 bits per heavy atom. The van der Waals surface area contributed by atoms with Gasteiger partial charge < -0.3 is 9.84 Å². The maximum atomic E-state index is 12.1. The molecule has 3 aromatic rings. The van der Waals surface area contributed by atoms with E-state index in [0.29, 0.717) is 16.4 Å². The lowest BCUT2D eigenvalue weighted by atomic mass is 10.2. The summed E-state index contributed by atoms with van der Waals surface area (Å²) in [6, 6.07) is 7.48. The van der Waals surface area contributed by atoms with Gasteiger partial charge in [0.05, 0.1) is 6.42 Å². The molecule has 1 N–H and O–H groups in total. The van der Waals surface area contributed by atoms with Gasteiger partial charge in [0.15, 0.2) is 5.58 Å². The number of unbranched alkanes of at least 4 members (excludes halogenated alkanes) is 1. The fraction of sp³-hybridized carbons (Fsp3) is 0.333. The Morgan fingerprint density at radius 1 is 1.32 bits per heavy atom. The molecule has 22 heavy (non-hydrogen) atoms. The van der Waals surface area contributed by atoms with E-state index in [1.807, 2.05) is 24.3 Å². The number of aryl methyl sites for hydroxylation is 1. The Labute approximate surface area is 131 Å². The highest BCUT2D eigenvalue weighted by Gasteiger charge is 2.13. The molecule has 0 saturated carbocycles. The van der Waals surface area contributed by atoms with Gasteiger partial charge in [-0.05, 0) is 18.6 Å². The Bertz CT molecular complexity index is 781. The number of nitrogens with one attached hydrogen (secondary N) is 1. The predicted molar refractivity (Wildman–Crippen MR) is 84.9 cm³/mol. The van der Waals surface area contributed by atoms with Crippen molar-refractivity contribution in [1.29, 1.82) is 0 Å². The van der Waals surface area contributed by atoms with E-state index in [2.05, 4.69) is 27.6 Å².